The van der Waals surface area contributed by atoms with E-state index in [4.69, 9.17) is 44.9 Å². The fourth-order valence-electron chi connectivity index (χ4n) is 2.17. The topological polar surface area (TPSA) is 42.5 Å². The molecule has 2 N–H and O–H groups in total. The lowest BCUT2D eigenvalue weighted by Crippen LogP contribution is -2.30. The van der Waals surface area contributed by atoms with Crippen molar-refractivity contribution >= 4 is 46.2 Å². The number of benzene rings is 1. The highest BCUT2D eigenvalue weighted by atomic mass is 35.5. The quantitative estimate of drug-likeness (QED) is 0.569. The van der Waals surface area contributed by atoms with E-state index in [0.29, 0.717) is 28.4 Å². The summed E-state index contributed by atoms with van der Waals surface area (Å²) in [4.78, 5) is 0. The van der Waals surface area contributed by atoms with Gasteiger partial charge in [-0.05, 0) is 49.7 Å². The van der Waals surface area contributed by atoms with Gasteiger partial charge in [0.15, 0.2) is 5.11 Å². The Morgan fingerprint density at radius 2 is 2.09 bits per heavy atom. The van der Waals surface area contributed by atoms with Crippen molar-refractivity contribution in [2.45, 2.75) is 25.4 Å². The van der Waals surface area contributed by atoms with Crippen molar-refractivity contribution in [2.24, 2.45) is 0 Å². The van der Waals surface area contributed by atoms with Crippen LogP contribution < -0.4 is 10.6 Å². The second-order valence-electron chi connectivity index (χ2n) is 5.10. The minimum absolute atomic E-state index is 0.281. The Balaban J connectivity index is 1.55. The predicted octanol–water partition coefficient (Wildman–Crippen LogP) is 3.87. The average molecular weight is 363 g/mol. The number of halogens is 2. The van der Waals surface area contributed by atoms with Gasteiger partial charge in [-0.3, -0.25) is 0 Å². The molecule has 4 nitrogen and oxygen atoms in total. The maximum absolute atomic E-state index is 5.93. The van der Waals surface area contributed by atoms with Gasteiger partial charge in [0.1, 0.15) is 0 Å². The molecular formula is C15H20Cl2N2O2S. The van der Waals surface area contributed by atoms with Gasteiger partial charge in [0.2, 0.25) is 0 Å². The summed E-state index contributed by atoms with van der Waals surface area (Å²) in [5.74, 6) is 0. The van der Waals surface area contributed by atoms with E-state index in [9.17, 15) is 0 Å². The van der Waals surface area contributed by atoms with Gasteiger partial charge in [-0.25, -0.2) is 0 Å². The molecule has 1 fully saturated rings. The number of hydrogen-bond donors (Lipinski definition) is 2. The molecule has 7 heteroatoms. The van der Waals surface area contributed by atoms with Gasteiger partial charge in [0, 0.05) is 35.5 Å². The van der Waals surface area contributed by atoms with Gasteiger partial charge in [-0.2, -0.15) is 0 Å². The van der Waals surface area contributed by atoms with Crippen LogP contribution >= 0.6 is 35.4 Å². The van der Waals surface area contributed by atoms with Gasteiger partial charge in [0.25, 0.3) is 0 Å². The lowest BCUT2D eigenvalue weighted by molar-refractivity contribution is 0.0168. The van der Waals surface area contributed by atoms with Crippen LogP contribution in [0.1, 0.15) is 19.3 Å². The van der Waals surface area contributed by atoms with Crippen molar-refractivity contribution in [2.75, 3.05) is 31.7 Å². The number of hydrogen-bond acceptors (Lipinski definition) is 3. The molecular weight excluding hydrogens is 343 g/mol. The third kappa shape index (κ3) is 6.67. The summed E-state index contributed by atoms with van der Waals surface area (Å²) in [5, 5.41) is 7.85. The van der Waals surface area contributed by atoms with E-state index in [2.05, 4.69) is 10.6 Å². The summed E-state index contributed by atoms with van der Waals surface area (Å²) in [5.41, 5.74) is 0.768. The molecule has 1 heterocycles. The first-order valence-electron chi connectivity index (χ1n) is 7.34. The highest BCUT2D eigenvalue weighted by Crippen LogP contribution is 2.22. The summed E-state index contributed by atoms with van der Waals surface area (Å²) >= 11 is 17.1. The van der Waals surface area contributed by atoms with Crippen molar-refractivity contribution in [1.82, 2.24) is 5.32 Å². The van der Waals surface area contributed by atoms with E-state index in [1.165, 1.54) is 0 Å². The molecule has 122 valence electrons. The van der Waals surface area contributed by atoms with Crippen LogP contribution in [-0.2, 0) is 9.47 Å². The highest BCUT2D eigenvalue weighted by molar-refractivity contribution is 7.80. The van der Waals surface area contributed by atoms with E-state index < -0.39 is 0 Å². The minimum Gasteiger partial charge on any atom is -0.379 e. The van der Waals surface area contributed by atoms with E-state index in [1.54, 1.807) is 18.2 Å². The highest BCUT2D eigenvalue weighted by Gasteiger charge is 2.14. The number of thiocarbonyl (C=S) groups is 1. The maximum Gasteiger partial charge on any atom is 0.170 e. The zero-order valence-corrected chi connectivity index (χ0v) is 14.6. The Labute approximate surface area is 146 Å². The van der Waals surface area contributed by atoms with Crippen molar-refractivity contribution in [3.05, 3.63) is 28.2 Å². The van der Waals surface area contributed by atoms with Crippen LogP contribution in [0, 0.1) is 0 Å². The van der Waals surface area contributed by atoms with Crippen LogP contribution in [0.5, 0.6) is 0 Å². The van der Waals surface area contributed by atoms with Gasteiger partial charge >= 0.3 is 0 Å². The number of rotatable bonds is 7. The lowest BCUT2D eigenvalue weighted by atomic mass is 10.2. The van der Waals surface area contributed by atoms with E-state index in [1.807, 2.05) is 0 Å². The largest absolute Gasteiger partial charge is 0.379 e. The van der Waals surface area contributed by atoms with Crippen molar-refractivity contribution in [3.63, 3.8) is 0 Å². The zero-order chi connectivity index (χ0) is 15.8. The molecule has 22 heavy (non-hydrogen) atoms. The monoisotopic (exact) mass is 362 g/mol. The summed E-state index contributed by atoms with van der Waals surface area (Å²) in [6.45, 7) is 2.98. The first kappa shape index (κ1) is 17.8. The van der Waals surface area contributed by atoms with Crippen LogP contribution in [0.25, 0.3) is 0 Å². The molecule has 0 bridgehead atoms. The molecule has 0 aliphatic carbocycles. The fraction of sp³-hybridized carbons (Fsp3) is 0.533. The van der Waals surface area contributed by atoms with Crippen LogP contribution in [0.4, 0.5) is 5.69 Å². The maximum atomic E-state index is 5.93. The molecule has 0 aromatic heterocycles. The molecule has 0 saturated carbocycles. The first-order valence-corrected chi connectivity index (χ1v) is 8.50. The van der Waals surface area contributed by atoms with Gasteiger partial charge in [-0.15, -0.1) is 0 Å². The standard InChI is InChI=1S/C15H20Cl2N2O2S/c16-11-7-12(17)9-13(8-11)19-15(22)18-4-2-5-20-10-14-3-1-6-21-14/h7-9,14H,1-6,10H2,(H2,18,19,22)/t14-/m0/s1. The van der Waals surface area contributed by atoms with E-state index in [-0.39, 0.29) is 6.10 Å². The summed E-state index contributed by atoms with van der Waals surface area (Å²) in [6.07, 6.45) is 3.41. The van der Waals surface area contributed by atoms with Crippen molar-refractivity contribution in [1.29, 1.82) is 0 Å². The average Bonchev–Trinajstić information content (AvgIpc) is 2.94. The third-order valence-corrected chi connectivity index (χ3v) is 3.88. The van der Waals surface area contributed by atoms with Crippen molar-refractivity contribution < 1.29 is 9.47 Å². The minimum atomic E-state index is 0.281. The first-order chi connectivity index (χ1) is 10.6. The van der Waals surface area contributed by atoms with Crippen LogP contribution in [-0.4, -0.2) is 37.6 Å². The third-order valence-electron chi connectivity index (χ3n) is 3.20. The molecule has 0 amide bonds. The van der Waals surface area contributed by atoms with E-state index in [0.717, 1.165) is 38.1 Å². The molecule has 0 unspecified atom stereocenters. The summed E-state index contributed by atoms with van der Waals surface area (Å²) in [6, 6.07) is 5.22. The fourth-order valence-corrected chi connectivity index (χ4v) is 2.91. The normalized spacial score (nSPS) is 17.5. The molecule has 0 radical (unpaired) electrons. The predicted molar refractivity (Wildman–Crippen MR) is 95.1 cm³/mol. The second kappa shape index (κ2) is 9.53. The molecule has 2 rings (SSSR count). The summed E-state index contributed by atoms with van der Waals surface area (Å²) in [7, 11) is 0. The van der Waals surface area contributed by atoms with E-state index >= 15 is 0 Å². The van der Waals surface area contributed by atoms with Crippen LogP contribution in [0.3, 0.4) is 0 Å². The van der Waals surface area contributed by atoms with Crippen molar-refractivity contribution in [3.8, 4) is 0 Å². The van der Waals surface area contributed by atoms with Crippen LogP contribution in [0.15, 0.2) is 18.2 Å². The second-order valence-corrected chi connectivity index (χ2v) is 6.38. The molecule has 1 atom stereocenters. The molecule has 0 spiro atoms. The Hall–Kier alpha value is -0.590. The molecule has 1 aliphatic heterocycles. The smallest absolute Gasteiger partial charge is 0.170 e. The molecule has 1 aromatic carbocycles. The molecule has 1 aliphatic rings. The number of nitrogens with one attached hydrogen (secondary N) is 2. The SMILES string of the molecule is S=C(NCCCOC[C@@H]1CCCO1)Nc1cc(Cl)cc(Cl)c1. The Bertz CT molecular complexity index is 476. The van der Waals surface area contributed by atoms with Crippen LogP contribution in [0.2, 0.25) is 10.0 Å². The Morgan fingerprint density at radius 1 is 1.32 bits per heavy atom. The van der Waals surface area contributed by atoms with Gasteiger partial charge in [-0.1, -0.05) is 23.2 Å². The molecule has 1 saturated heterocycles. The Kier molecular flexibility index (Phi) is 7.69. The van der Waals surface area contributed by atoms with Gasteiger partial charge in [0.05, 0.1) is 12.7 Å². The van der Waals surface area contributed by atoms with Gasteiger partial charge < -0.3 is 20.1 Å². The lowest BCUT2D eigenvalue weighted by Gasteiger charge is -2.12. The number of anilines is 1. The number of ether oxygens (including phenoxy) is 2. The zero-order valence-electron chi connectivity index (χ0n) is 12.2. The summed E-state index contributed by atoms with van der Waals surface area (Å²) < 4.78 is 11.1. The molecule has 1 aromatic rings. The Morgan fingerprint density at radius 3 is 2.77 bits per heavy atom.